The van der Waals surface area contributed by atoms with Crippen molar-refractivity contribution in [3.63, 3.8) is 0 Å². The first-order valence-corrected chi connectivity index (χ1v) is 11.6. The first kappa shape index (κ1) is 18.3. The van der Waals surface area contributed by atoms with Crippen LogP contribution >= 0.6 is 0 Å². The van der Waals surface area contributed by atoms with E-state index in [1.54, 1.807) is 17.0 Å². The highest BCUT2D eigenvalue weighted by Crippen LogP contribution is 2.38. The van der Waals surface area contributed by atoms with Crippen LogP contribution in [0.15, 0.2) is 42.5 Å². The normalized spacial score (nSPS) is 14.7. The summed E-state index contributed by atoms with van der Waals surface area (Å²) < 4.78 is 11.6. The predicted molar refractivity (Wildman–Crippen MR) is 105 cm³/mol. The molecule has 1 heterocycles. The first-order chi connectivity index (χ1) is 12.1. The fourth-order valence-electron chi connectivity index (χ4n) is 2.49. The topological polar surface area (TPSA) is 59.0 Å². The van der Waals surface area contributed by atoms with Crippen LogP contribution in [0.5, 0.6) is 17.2 Å². The molecule has 1 aliphatic rings. The maximum absolute atomic E-state index is 12.3. The number of rotatable bonds is 3. The third kappa shape index (κ3) is 3.55. The Bertz CT molecular complexity index is 825. The summed E-state index contributed by atoms with van der Waals surface area (Å²) in [4.78, 5) is 13.9. The van der Waals surface area contributed by atoms with E-state index in [9.17, 15) is 9.90 Å². The summed E-state index contributed by atoms with van der Waals surface area (Å²) in [6.07, 6.45) is -0.457. The number of hydrogen-bond acceptors (Lipinski definition) is 4. The van der Waals surface area contributed by atoms with Gasteiger partial charge in [0.15, 0.2) is 0 Å². The molecule has 0 bridgehead atoms. The van der Waals surface area contributed by atoms with Crippen LogP contribution in [0.1, 0.15) is 26.3 Å². The molecule has 1 N–H and O–H groups in total. The molecule has 2 aromatic carbocycles. The maximum Gasteiger partial charge on any atom is 0.420 e. The SMILES string of the molecule is CC(C)(C)[Si](C)(C)Oc1ccc(N2Cc3ccc(O)cc3OC2=O)cc1. The summed E-state index contributed by atoms with van der Waals surface area (Å²) in [5.41, 5.74) is 1.60. The number of anilines is 1. The van der Waals surface area contributed by atoms with E-state index in [-0.39, 0.29) is 10.8 Å². The Kier molecular flexibility index (Phi) is 4.48. The molecule has 26 heavy (non-hydrogen) atoms. The van der Waals surface area contributed by atoms with Gasteiger partial charge in [-0.3, -0.25) is 4.90 Å². The van der Waals surface area contributed by atoms with Crippen LogP contribution in [0.4, 0.5) is 10.5 Å². The molecule has 0 aromatic heterocycles. The molecule has 5 nitrogen and oxygen atoms in total. The molecule has 1 amide bonds. The van der Waals surface area contributed by atoms with Crippen molar-refractivity contribution in [1.82, 2.24) is 0 Å². The van der Waals surface area contributed by atoms with E-state index in [0.29, 0.717) is 12.3 Å². The van der Waals surface area contributed by atoms with Gasteiger partial charge in [-0.2, -0.15) is 0 Å². The van der Waals surface area contributed by atoms with E-state index in [1.165, 1.54) is 6.07 Å². The van der Waals surface area contributed by atoms with Crippen molar-refractivity contribution in [2.75, 3.05) is 4.90 Å². The molecule has 2 aromatic rings. The predicted octanol–water partition coefficient (Wildman–Crippen LogP) is 5.30. The number of phenols is 1. The van der Waals surface area contributed by atoms with Gasteiger partial charge in [-0.1, -0.05) is 20.8 Å². The average molecular weight is 372 g/mol. The number of hydrogen-bond donors (Lipinski definition) is 1. The van der Waals surface area contributed by atoms with Gasteiger partial charge in [0, 0.05) is 17.3 Å². The molecule has 3 rings (SSSR count). The number of nitrogens with zero attached hydrogens (tertiary/aromatic N) is 1. The highest BCUT2D eigenvalue weighted by atomic mass is 28.4. The van der Waals surface area contributed by atoms with Gasteiger partial charge >= 0.3 is 6.09 Å². The Morgan fingerprint density at radius 2 is 1.77 bits per heavy atom. The van der Waals surface area contributed by atoms with Crippen LogP contribution in [0.2, 0.25) is 18.1 Å². The quantitative estimate of drug-likeness (QED) is 0.744. The summed E-state index contributed by atoms with van der Waals surface area (Å²) in [6, 6.07) is 12.3. The van der Waals surface area contributed by atoms with E-state index in [1.807, 2.05) is 24.3 Å². The summed E-state index contributed by atoms with van der Waals surface area (Å²) in [5, 5.41) is 9.65. The summed E-state index contributed by atoms with van der Waals surface area (Å²) in [6.45, 7) is 11.4. The molecular formula is C20H25NO4Si. The van der Waals surface area contributed by atoms with Gasteiger partial charge in [-0.05, 0) is 54.5 Å². The highest BCUT2D eigenvalue weighted by Gasteiger charge is 2.39. The first-order valence-electron chi connectivity index (χ1n) is 8.67. The lowest BCUT2D eigenvalue weighted by molar-refractivity contribution is 0.202. The second-order valence-electron chi connectivity index (χ2n) is 8.10. The molecule has 0 atom stereocenters. The monoisotopic (exact) mass is 371 g/mol. The van der Waals surface area contributed by atoms with Gasteiger partial charge in [0.05, 0.1) is 6.54 Å². The number of carbonyl (C=O) groups excluding carboxylic acids is 1. The molecule has 0 saturated carbocycles. The van der Waals surface area contributed by atoms with Gasteiger partial charge in [0.1, 0.15) is 17.2 Å². The summed E-state index contributed by atoms with van der Waals surface area (Å²) in [5.74, 6) is 1.30. The zero-order valence-electron chi connectivity index (χ0n) is 15.9. The summed E-state index contributed by atoms with van der Waals surface area (Å²) >= 11 is 0. The third-order valence-electron chi connectivity index (χ3n) is 5.12. The minimum Gasteiger partial charge on any atom is -0.544 e. The van der Waals surface area contributed by atoms with Crippen LogP contribution in [0, 0.1) is 0 Å². The smallest absolute Gasteiger partial charge is 0.420 e. The van der Waals surface area contributed by atoms with Gasteiger partial charge in [0.25, 0.3) is 0 Å². The second-order valence-corrected chi connectivity index (χ2v) is 12.8. The van der Waals surface area contributed by atoms with Crippen molar-refractivity contribution in [2.45, 2.75) is 45.4 Å². The van der Waals surface area contributed by atoms with E-state index in [4.69, 9.17) is 9.16 Å². The van der Waals surface area contributed by atoms with Crippen molar-refractivity contribution in [3.8, 4) is 17.2 Å². The van der Waals surface area contributed by atoms with Gasteiger partial charge in [-0.25, -0.2) is 4.79 Å². The minimum atomic E-state index is -1.90. The molecule has 6 heteroatoms. The zero-order chi connectivity index (χ0) is 19.1. The van der Waals surface area contributed by atoms with Crippen LogP contribution < -0.4 is 14.1 Å². The van der Waals surface area contributed by atoms with Crippen molar-refractivity contribution < 1.29 is 19.1 Å². The Labute approximate surface area is 155 Å². The number of aromatic hydroxyl groups is 1. The van der Waals surface area contributed by atoms with Gasteiger partial charge in [0.2, 0.25) is 8.32 Å². The molecule has 0 aliphatic carbocycles. The number of fused-ring (bicyclic) bond motifs is 1. The number of amides is 1. The van der Waals surface area contributed by atoms with Crippen molar-refractivity contribution in [1.29, 1.82) is 0 Å². The van der Waals surface area contributed by atoms with Gasteiger partial charge < -0.3 is 14.3 Å². The standard InChI is InChI=1S/C20H25NO4Si/c1-20(2,3)26(4,5)25-17-10-7-15(8-11-17)21-13-14-6-9-16(22)12-18(14)24-19(21)23/h6-12,22H,13H2,1-5H3. The second kappa shape index (κ2) is 6.36. The van der Waals surface area contributed by atoms with Crippen molar-refractivity contribution in [2.24, 2.45) is 0 Å². The lowest BCUT2D eigenvalue weighted by Gasteiger charge is -2.36. The molecule has 138 valence electrons. The Morgan fingerprint density at radius 1 is 1.12 bits per heavy atom. The Morgan fingerprint density at radius 3 is 2.38 bits per heavy atom. The van der Waals surface area contributed by atoms with Crippen LogP contribution in [0.25, 0.3) is 0 Å². The summed E-state index contributed by atoms with van der Waals surface area (Å²) in [7, 11) is -1.90. The molecule has 0 spiro atoms. The van der Waals surface area contributed by atoms with Gasteiger partial charge in [-0.15, -0.1) is 0 Å². The number of benzene rings is 2. The molecule has 0 radical (unpaired) electrons. The molecule has 0 saturated heterocycles. The van der Waals surface area contributed by atoms with E-state index in [0.717, 1.165) is 17.0 Å². The van der Waals surface area contributed by atoms with Crippen LogP contribution in [-0.4, -0.2) is 19.5 Å². The van der Waals surface area contributed by atoms with Crippen molar-refractivity contribution in [3.05, 3.63) is 48.0 Å². The fourth-order valence-corrected chi connectivity index (χ4v) is 3.52. The lowest BCUT2D eigenvalue weighted by Crippen LogP contribution is -2.43. The molecule has 1 aliphatic heterocycles. The van der Waals surface area contributed by atoms with Crippen molar-refractivity contribution >= 4 is 20.1 Å². The van der Waals surface area contributed by atoms with E-state index in [2.05, 4.69) is 33.9 Å². The number of ether oxygens (including phenoxy) is 1. The van der Waals surface area contributed by atoms with E-state index < -0.39 is 14.4 Å². The minimum absolute atomic E-state index is 0.0807. The molecule has 0 unspecified atom stereocenters. The molecular weight excluding hydrogens is 346 g/mol. The van der Waals surface area contributed by atoms with E-state index >= 15 is 0 Å². The average Bonchev–Trinajstić information content (AvgIpc) is 2.53. The lowest BCUT2D eigenvalue weighted by atomic mass is 10.1. The number of carbonyl (C=O) groups is 1. The third-order valence-corrected chi connectivity index (χ3v) is 9.48. The Balaban J connectivity index is 1.79. The Hall–Kier alpha value is -2.47. The molecule has 0 fully saturated rings. The van der Waals surface area contributed by atoms with Crippen LogP contribution in [0.3, 0.4) is 0 Å². The largest absolute Gasteiger partial charge is 0.544 e. The maximum atomic E-state index is 12.3. The zero-order valence-corrected chi connectivity index (χ0v) is 16.9. The van der Waals surface area contributed by atoms with Crippen LogP contribution in [-0.2, 0) is 6.54 Å². The number of phenolic OH excluding ortho intramolecular Hbond substituents is 1. The fraction of sp³-hybridized carbons (Fsp3) is 0.350. The highest BCUT2D eigenvalue weighted by molar-refractivity contribution is 6.74.